The molecule has 1 atom stereocenters. The summed E-state index contributed by atoms with van der Waals surface area (Å²) < 4.78 is 4.68. The SMILES string of the molecule is COC(=O)c1cccc(NC(=O)CS[C@@H](C)c2nc3ccccc3[nH]2)c1. The van der Waals surface area contributed by atoms with Crippen molar-refractivity contribution in [3.05, 3.63) is 59.9 Å². The molecule has 0 saturated heterocycles. The van der Waals surface area contributed by atoms with Gasteiger partial charge in [0.2, 0.25) is 5.91 Å². The first kappa shape index (κ1) is 18.0. The Labute approximate surface area is 155 Å². The molecule has 1 aromatic heterocycles. The molecule has 1 heterocycles. The predicted molar refractivity (Wildman–Crippen MR) is 103 cm³/mol. The number of aromatic nitrogens is 2. The minimum Gasteiger partial charge on any atom is -0.465 e. The van der Waals surface area contributed by atoms with Gasteiger partial charge in [0, 0.05) is 5.69 Å². The first-order valence-electron chi connectivity index (χ1n) is 8.11. The summed E-state index contributed by atoms with van der Waals surface area (Å²) in [6, 6.07) is 14.5. The first-order valence-corrected chi connectivity index (χ1v) is 9.16. The summed E-state index contributed by atoms with van der Waals surface area (Å²) in [7, 11) is 1.32. The maximum atomic E-state index is 12.2. The third-order valence-corrected chi connectivity index (χ3v) is 4.98. The number of hydrogen-bond acceptors (Lipinski definition) is 5. The molecule has 0 aliphatic rings. The smallest absolute Gasteiger partial charge is 0.337 e. The number of fused-ring (bicyclic) bond motifs is 1. The van der Waals surface area contributed by atoms with Crippen LogP contribution in [0.5, 0.6) is 0 Å². The van der Waals surface area contributed by atoms with Gasteiger partial charge in [0.25, 0.3) is 0 Å². The number of hydrogen-bond donors (Lipinski definition) is 2. The number of aromatic amines is 1. The Hall–Kier alpha value is -2.80. The Balaban J connectivity index is 1.57. The second-order valence-corrected chi connectivity index (χ2v) is 7.04. The lowest BCUT2D eigenvalue weighted by Crippen LogP contribution is -2.15. The van der Waals surface area contributed by atoms with Gasteiger partial charge < -0.3 is 15.0 Å². The van der Waals surface area contributed by atoms with Crippen molar-refractivity contribution in [3.63, 3.8) is 0 Å². The zero-order valence-electron chi connectivity index (χ0n) is 14.5. The quantitative estimate of drug-likeness (QED) is 0.646. The number of nitrogens with zero attached hydrogens (tertiary/aromatic N) is 1. The number of nitrogens with one attached hydrogen (secondary N) is 2. The van der Waals surface area contributed by atoms with Gasteiger partial charge >= 0.3 is 5.97 Å². The molecule has 0 saturated carbocycles. The molecular weight excluding hydrogens is 350 g/mol. The van der Waals surface area contributed by atoms with Gasteiger partial charge in [0.15, 0.2) is 0 Å². The van der Waals surface area contributed by atoms with Gasteiger partial charge in [0.05, 0.1) is 34.7 Å². The standard InChI is InChI=1S/C19H19N3O3S/c1-12(18-21-15-8-3-4-9-16(15)22-18)26-11-17(23)20-14-7-5-6-13(10-14)19(24)25-2/h3-10,12H,11H2,1-2H3,(H,20,23)(H,21,22)/t12-/m0/s1. The van der Waals surface area contributed by atoms with Crippen LogP contribution in [0.1, 0.15) is 28.4 Å². The number of esters is 1. The molecule has 0 unspecified atom stereocenters. The van der Waals surface area contributed by atoms with Gasteiger partial charge in [-0.3, -0.25) is 4.79 Å². The fourth-order valence-corrected chi connectivity index (χ4v) is 3.23. The Kier molecular flexibility index (Phi) is 5.58. The third-order valence-electron chi connectivity index (χ3n) is 3.82. The normalized spacial score (nSPS) is 11.9. The number of imidazole rings is 1. The van der Waals surface area contributed by atoms with Crippen molar-refractivity contribution >= 4 is 40.4 Å². The van der Waals surface area contributed by atoms with E-state index in [0.29, 0.717) is 11.3 Å². The summed E-state index contributed by atoms with van der Waals surface area (Å²) in [6.07, 6.45) is 0. The summed E-state index contributed by atoms with van der Waals surface area (Å²) >= 11 is 1.49. The highest BCUT2D eigenvalue weighted by atomic mass is 32.2. The lowest BCUT2D eigenvalue weighted by Gasteiger charge is -2.09. The van der Waals surface area contributed by atoms with E-state index < -0.39 is 5.97 Å². The highest BCUT2D eigenvalue weighted by Crippen LogP contribution is 2.27. The minimum absolute atomic E-state index is 0.0505. The second-order valence-electron chi connectivity index (χ2n) is 5.71. The van der Waals surface area contributed by atoms with Crippen molar-refractivity contribution in [2.75, 3.05) is 18.2 Å². The third kappa shape index (κ3) is 4.23. The topological polar surface area (TPSA) is 84.1 Å². The van der Waals surface area contributed by atoms with E-state index in [0.717, 1.165) is 16.9 Å². The van der Waals surface area contributed by atoms with E-state index in [1.807, 2.05) is 31.2 Å². The van der Waals surface area contributed by atoms with Crippen LogP contribution in [0.25, 0.3) is 11.0 Å². The van der Waals surface area contributed by atoms with Gasteiger partial charge in [0.1, 0.15) is 5.82 Å². The molecule has 0 spiro atoms. The van der Waals surface area contributed by atoms with E-state index in [2.05, 4.69) is 20.0 Å². The summed E-state index contributed by atoms with van der Waals surface area (Å²) in [6.45, 7) is 2.01. The van der Waals surface area contributed by atoms with Gasteiger partial charge in [-0.25, -0.2) is 9.78 Å². The summed E-state index contributed by atoms with van der Waals surface area (Å²) in [4.78, 5) is 31.6. The van der Waals surface area contributed by atoms with Crippen LogP contribution in [-0.2, 0) is 9.53 Å². The number of thioether (sulfide) groups is 1. The molecule has 26 heavy (non-hydrogen) atoms. The summed E-state index contributed by atoms with van der Waals surface area (Å²) in [5.74, 6) is 0.548. The molecule has 134 valence electrons. The van der Waals surface area contributed by atoms with E-state index in [4.69, 9.17) is 0 Å². The molecule has 0 bridgehead atoms. The number of rotatable bonds is 6. The average molecular weight is 369 g/mol. The average Bonchev–Trinajstić information content (AvgIpc) is 3.10. The van der Waals surface area contributed by atoms with Crippen molar-refractivity contribution < 1.29 is 14.3 Å². The van der Waals surface area contributed by atoms with E-state index in [-0.39, 0.29) is 16.9 Å². The monoisotopic (exact) mass is 369 g/mol. The molecular formula is C19H19N3O3S. The number of para-hydroxylation sites is 2. The van der Waals surface area contributed by atoms with Crippen LogP contribution in [0, 0.1) is 0 Å². The van der Waals surface area contributed by atoms with Crippen LogP contribution in [0.4, 0.5) is 5.69 Å². The highest BCUT2D eigenvalue weighted by molar-refractivity contribution is 8.00. The number of carbonyl (C=O) groups is 2. The number of carbonyl (C=O) groups excluding carboxylic acids is 2. The van der Waals surface area contributed by atoms with E-state index in [1.165, 1.54) is 18.9 Å². The molecule has 7 heteroatoms. The van der Waals surface area contributed by atoms with Crippen LogP contribution in [0.3, 0.4) is 0 Å². The van der Waals surface area contributed by atoms with Crippen LogP contribution < -0.4 is 5.32 Å². The van der Waals surface area contributed by atoms with Crippen LogP contribution in [-0.4, -0.2) is 34.7 Å². The Bertz CT molecular complexity index is 905. The van der Waals surface area contributed by atoms with Gasteiger partial charge in [-0.2, -0.15) is 0 Å². The zero-order chi connectivity index (χ0) is 18.5. The molecule has 3 rings (SSSR count). The maximum absolute atomic E-state index is 12.2. The number of H-pyrrole nitrogens is 1. The second kappa shape index (κ2) is 8.05. The molecule has 6 nitrogen and oxygen atoms in total. The van der Waals surface area contributed by atoms with Crippen molar-refractivity contribution in [1.29, 1.82) is 0 Å². The summed E-state index contributed by atoms with van der Waals surface area (Å²) in [5.41, 5.74) is 2.86. The van der Waals surface area contributed by atoms with Crippen molar-refractivity contribution in [1.82, 2.24) is 9.97 Å². The molecule has 0 aliphatic carbocycles. The molecule has 0 radical (unpaired) electrons. The van der Waals surface area contributed by atoms with Gasteiger partial charge in [-0.1, -0.05) is 18.2 Å². The predicted octanol–water partition coefficient (Wildman–Crippen LogP) is 3.78. The minimum atomic E-state index is -0.436. The molecule has 1 amide bonds. The summed E-state index contributed by atoms with van der Waals surface area (Å²) in [5, 5.41) is 2.85. The maximum Gasteiger partial charge on any atom is 0.337 e. The van der Waals surface area contributed by atoms with Crippen LogP contribution in [0.2, 0.25) is 0 Å². The van der Waals surface area contributed by atoms with E-state index in [9.17, 15) is 9.59 Å². The number of amides is 1. The Morgan fingerprint density at radius 2 is 2.04 bits per heavy atom. The van der Waals surface area contributed by atoms with Crippen molar-refractivity contribution in [3.8, 4) is 0 Å². The lowest BCUT2D eigenvalue weighted by atomic mass is 10.2. The molecule has 2 aromatic carbocycles. The zero-order valence-corrected chi connectivity index (χ0v) is 15.3. The number of benzene rings is 2. The molecule has 2 N–H and O–H groups in total. The molecule has 0 aliphatic heterocycles. The van der Waals surface area contributed by atoms with Crippen molar-refractivity contribution in [2.45, 2.75) is 12.2 Å². The molecule has 0 fully saturated rings. The van der Waals surface area contributed by atoms with Crippen LogP contribution >= 0.6 is 11.8 Å². The lowest BCUT2D eigenvalue weighted by molar-refractivity contribution is -0.113. The number of methoxy groups -OCH3 is 1. The molecule has 3 aromatic rings. The van der Waals surface area contributed by atoms with E-state index >= 15 is 0 Å². The Morgan fingerprint density at radius 3 is 2.81 bits per heavy atom. The highest BCUT2D eigenvalue weighted by Gasteiger charge is 2.14. The van der Waals surface area contributed by atoms with Crippen molar-refractivity contribution in [2.24, 2.45) is 0 Å². The fourth-order valence-electron chi connectivity index (χ4n) is 2.48. The number of anilines is 1. The first-order chi connectivity index (χ1) is 12.6. The van der Waals surface area contributed by atoms with Gasteiger partial charge in [-0.15, -0.1) is 11.8 Å². The Morgan fingerprint density at radius 1 is 1.23 bits per heavy atom. The van der Waals surface area contributed by atoms with E-state index in [1.54, 1.807) is 24.3 Å². The number of ether oxygens (including phenoxy) is 1. The largest absolute Gasteiger partial charge is 0.465 e. The van der Waals surface area contributed by atoms with Crippen LogP contribution in [0.15, 0.2) is 48.5 Å². The fraction of sp³-hybridized carbons (Fsp3) is 0.211. The van der Waals surface area contributed by atoms with Gasteiger partial charge in [-0.05, 0) is 37.3 Å².